The number of nitrogens with zero attached hydrogens (tertiary/aromatic N) is 7. The number of hydrogen-bond donors (Lipinski definition) is 1. The standard InChI is InChI=1S/C66H74N8O10S2/c75-58(17-21-64(79)83-44-73-56-39-49(15-11-46(56)13-18-62(73)77)81-35-3-1-25-68-27-31-70(32-28-68)54-7-5-9-59-51(54)23-37-85-59)66-53-42-67-41-48(53)43-72(66)61(76)20-22-65(80)84-45-74-57-40-50(16-12-47(57)14-19-63(74)78)82-36-4-2-26-69-29-33-71(34-30-69)55-8-6-10-60-52(55)24-38-86-60/h5-16,18-19,23-24,37-40,48,53,66-67H,1-4,17,20-22,25-36,41-45H2. The summed E-state index contributed by atoms with van der Waals surface area (Å²) in [5.74, 6) is -0.828. The zero-order chi connectivity index (χ0) is 58.9. The van der Waals surface area contributed by atoms with E-state index in [1.165, 1.54) is 52.8 Å². The second-order valence-electron chi connectivity index (χ2n) is 23.0. The van der Waals surface area contributed by atoms with Gasteiger partial charge in [-0.2, -0.15) is 0 Å². The van der Waals surface area contributed by atoms with Gasteiger partial charge in [0.05, 0.1) is 43.1 Å². The van der Waals surface area contributed by atoms with Gasteiger partial charge in [0.1, 0.15) is 11.5 Å². The molecule has 86 heavy (non-hydrogen) atoms. The third-order valence-electron chi connectivity index (χ3n) is 17.6. The lowest BCUT2D eigenvalue weighted by Gasteiger charge is -2.36. The van der Waals surface area contributed by atoms with Crippen LogP contribution in [0.4, 0.5) is 11.4 Å². The minimum Gasteiger partial charge on any atom is -0.494 e. The summed E-state index contributed by atoms with van der Waals surface area (Å²) < 4.78 is 28.9. The molecule has 1 N–H and O–H groups in total. The van der Waals surface area contributed by atoms with Crippen molar-refractivity contribution >= 4 is 99.7 Å². The molecular weight excluding hydrogens is 1130 g/mol. The molecule has 8 aromatic rings. The van der Waals surface area contributed by atoms with Crippen molar-refractivity contribution in [1.82, 2.24) is 29.2 Å². The quantitative estimate of drug-likeness (QED) is 0.0425. The van der Waals surface area contributed by atoms with Gasteiger partial charge < -0.3 is 39.0 Å². The normalized spacial score (nSPS) is 18.3. The minimum atomic E-state index is -0.774. The zero-order valence-electron chi connectivity index (χ0n) is 48.5. The number of aromatic nitrogens is 2. The summed E-state index contributed by atoms with van der Waals surface area (Å²) in [6, 6.07) is 34.1. The number of anilines is 2. The van der Waals surface area contributed by atoms with Crippen LogP contribution >= 0.6 is 22.7 Å². The summed E-state index contributed by atoms with van der Waals surface area (Å²) in [5, 5.41) is 11.9. The smallest absolute Gasteiger partial charge is 0.308 e. The predicted octanol–water partition coefficient (Wildman–Crippen LogP) is 8.59. The predicted molar refractivity (Wildman–Crippen MR) is 338 cm³/mol. The summed E-state index contributed by atoms with van der Waals surface area (Å²) >= 11 is 3.56. The maximum atomic E-state index is 14.0. The lowest BCUT2D eigenvalue weighted by Crippen LogP contribution is -2.46. The molecule has 1 amide bonds. The number of Topliss-reactive ketones (excluding diaryl/α,β-unsaturated/α-hetero) is 1. The Morgan fingerprint density at radius 1 is 0.535 bits per heavy atom. The van der Waals surface area contributed by atoms with Crippen LogP contribution in [0, 0.1) is 11.8 Å². The number of fused-ring (bicyclic) bond motifs is 5. The molecule has 4 fully saturated rings. The van der Waals surface area contributed by atoms with Crippen molar-refractivity contribution in [2.24, 2.45) is 11.8 Å². The number of benzene rings is 4. The molecule has 4 aliphatic heterocycles. The van der Waals surface area contributed by atoms with Gasteiger partial charge in [-0.3, -0.25) is 47.7 Å². The largest absolute Gasteiger partial charge is 0.494 e. The highest BCUT2D eigenvalue weighted by molar-refractivity contribution is 7.17. The molecular formula is C66H74N8O10S2. The Kier molecular flexibility index (Phi) is 18.7. The van der Waals surface area contributed by atoms with Gasteiger partial charge in [0.15, 0.2) is 19.2 Å². The second-order valence-corrected chi connectivity index (χ2v) is 24.9. The minimum absolute atomic E-state index is 0.0428. The summed E-state index contributed by atoms with van der Waals surface area (Å²) in [4.78, 5) is 92.2. The third-order valence-corrected chi connectivity index (χ3v) is 19.4. The Balaban J connectivity index is 0.565. The number of unbranched alkanes of at least 4 members (excludes halogenated alkanes) is 2. The lowest BCUT2D eigenvalue weighted by molar-refractivity contribution is -0.150. The Bertz CT molecular complexity index is 3840. The van der Waals surface area contributed by atoms with Crippen LogP contribution < -0.4 is 35.7 Å². The van der Waals surface area contributed by atoms with Crippen LogP contribution in [0.3, 0.4) is 0 Å². The first-order valence-corrected chi connectivity index (χ1v) is 32.1. The average molecular weight is 1200 g/mol. The number of carbonyl (C=O) groups is 4. The first kappa shape index (κ1) is 58.7. The van der Waals surface area contributed by atoms with Gasteiger partial charge in [0.25, 0.3) is 11.1 Å². The Hall–Kier alpha value is -7.62. The second kappa shape index (κ2) is 27.4. The molecule has 18 nitrogen and oxygen atoms in total. The molecule has 450 valence electrons. The fraction of sp³-hybridized carbons (Fsp3) is 0.424. The van der Waals surface area contributed by atoms with Gasteiger partial charge in [0.2, 0.25) is 5.91 Å². The molecule has 3 unspecified atom stereocenters. The number of ketones is 1. The van der Waals surface area contributed by atoms with Crippen LogP contribution in [0.15, 0.2) is 130 Å². The van der Waals surface area contributed by atoms with Gasteiger partial charge >= 0.3 is 11.9 Å². The van der Waals surface area contributed by atoms with Crippen LogP contribution in [0.2, 0.25) is 0 Å². The van der Waals surface area contributed by atoms with Crippen molar-refractivity contribution in [3.05, 3.63) is 141 Å². The molecule has 4 aliphatic rings. The SMILES string of the molecule is O=C(CCC(=O)C1C2CNCC2CN1C(=O)CCC(=O)OCn1c(=O)ccc2ccc(OCCCCN3CCN(c4cccc5sccc45)CC3)cc21)OCn1c(=O)ccc2ccc(OCCCCN3CCN(c4cccc5sccc45)CC3)cc21. The van der Waals surface area contributed by atoms with E-state index in [-0.39, 0.29) is 73.8 Å². The molecule has 0 radical (unpaired) electrons. The molecule has 0 saturated carbocycles. The van der Waals surface area contributed by atoms with Crippen molar-refractivity contribution in [3.63, 3.8) is 0 Å². The average Bonchev–Trinajstić information content (AvgIpc) is 3.28. The number of rotatable bonds is 25. The molecule has 4 aromatic heterocycles. The van der Waals surface area contributed by atoms with E-state index in [0.717, 1.165) is 102 Å². The number of pyridine rings is 2. The van der Waals surface area contributed by atoms with Crippen LogP contribution in [-0.2, 0) is 42.1 Å². The van der Waals surface area contributed by atoms with Gasteiger partial charge in [-0.25, -0.2) is 0 Å². The highest BCUT2D eigenvalue weighted by atomic mass is 32.1. The number of amides is 1. The van der Waals surface area contributed by atoms with E-state index in [1.807, 2.05) is 24.3 Å². The monoisotopic (exact) mass is 1200 g/mol. The number of piperazine rings is 2. The van der Waals surface area contributed by atoms with E-state index in [9.17, 15) is 28.8 Å². The number of likely N-dealkylation sites (tertiary alicyclic amines) is 1. The number of esters is 2. The summed E-state index contributed by atoms with van der Waals surface area (Å²) in [6.07, 6.45) is 2.88. The maximum absolute atomic E-state index is 14.0. The maximum Gasteiger partial charge on any atom is 0.308 e. The number of ether oxygens (including phenoxy) is 4. The first-order chi connectivity index (χ1) is 42.1. The van der Waals surface area contributed by atoms with Crippen molar-refractivity contribution < 1.29 is 38.1 Å². The number of carbonyl (C=O) groups excluding carboxylic acids is 4. The molecule has 3 atom stereocenters. The summed E-state index contributed by atoms with van der Waals surface area (Å²) in [5.41, 5.74) is 3.05. The zero-order valence-corrected chi connectivity index (χ0v) is 50.1. The Morgan fingerprint density at radius 3 is 1.56 bits per heavy atom. The number of nitrogens with one attached hydrogen (secondary N) is 1. The highest BCUT2D eigenvalue weighted by Gasteiger charge is 2.49. The topological polar surface area (TPSA) is 177 Å². The van der Waals surface area contributed by atoms with E-state index in [1.54, 1.807) is 51.8 Å². The third kappa shape index (κ3) is 13.6. The van der Waals surface area contributed by atoms with Gasteiger partial charge in [-0.15, -0.1) is 22.7 Å². The molecule has 12 rings (SSSR count). The van der Waals surface area contributed by atoms with Crippen molar-refractivity contribution in [2.75, 3.05) is 108 Å². The van der Waals surface area contributed by atoms with E-state index in [2.05, 4.69) is 84.2 Å². The number of hydrogen-bond acceptors (Lipinski definition) is 17. The van der Waals surface area contributed by atoms with Crippen LogP contribution in [-0.4, -0.2) is 152 Å². The van der Waals surface area contributed by atoms with E-state index in [0.29, 0.717) is 55.4 Å². The first-order valence-electron chi connectivity index (χ1n) is 30.3. The van der Waals surface area contributed by atoms with Gasteiger partial charge in [0, 0.05) is 147 Å². The van der Waals surface area contributed by atoms with Crippen molar-refractivity contribution in [2.45, 2.75) is 70.9 Å². The van der Waals surface area contributed by atoms with E-state index in [4.69, 9.17) is 18.9 Å². The molecule has 4 saturated heterocycles. The Labute approximate surface area is 507 Å². The fourth-order valence-electron chi connectivity index (χ4n) is 12.9. The van der Waals surface area contributed by atoms with E-state index >= 15 is 0 Å². The highest BCUT2D eigenvalue weighted by Crippen LogP contribution is 2.36. The van der Waals surface area contributed by atoms with Crippen LogP contribution in [0.5, 0.6) is 11.5 Å². The molecule has 0 spiro atoms. The molecule has 4 aromatic carbocycles. The van der Waals surface area contributed by atoms with Gasteiger partial charge in [-0.05, 0) is 139 Å². The fourth-order valence-corrected chi connectivity index (χ4v) is 14.5. The van der Waals surface area contributed by atoms with Crippen LogP contribution in [0.1, 0.15) is 51.4 Å². The van der Waals surface area contributed by atoms with Crippen molar-refractivity contribution in [1.29, 1.82) is 0 Å². The summed E-state index contributed by atoms with van der Waals surface area (Å²) in [6.45, 7) is 11.9. The summed E-state index contributed by atoms with van der Waals surface area (Å²) in [7, 11) is 0. The molecule has 20 heteroatoms. The number of thiophene rings is 2. The molecule has 0 aliphatic carbocycles. The molecule has 0 bridgehead atoms. The Morgan fingerprint density at radius 2 is 1.03 bits per heavy atom. The van der Waals surface area contributed by atoms with Gasteiger partial charge in [-0.1, -0.05) is 12.1 Å². The van der Waals surface area contributed by atoms with Crippen LogP contribution in [0.25, 0.3) is 42.0 Å². The van der Waals surface area contributed by atoms with E-state index < -0.39 is 18.0 Å². The molecule has 8 heterocycles. The lowest BCUT2D eigenvalue weighted by atomic mass is 9.90. The van der Waals surface area contributed by atoms with Crippen molar-refractivity contribution in [3.8, 4) is 11.5 Å².